The number of likely N-dealkylation sites (N-methyl/N-ethyl adjacent to an activating group) is 1. The standard InChI is InChI=1S/C25H24N4O7/c1-29(2)18-13-9-10-8-12-11(24-27-6-3-7-28-24)4-5-14(30)16(12)19(31)15(10)21(33)25(13,36)22(34)17(20(18)32)23(26)35/h3-7,10,13,18,30-31,34,36H,8-9H2,1-2H3,(H2,26,35)/t10-,13+,18+,25+/m0/s1. The summed E-state index contributed by atoms with van der Waals surface area (Å²) in [5.41, 5.74) is 2.66. The number of aliphatic hydroxyl groups excluding tert-OH is 2. The van der Waals surface area contributed by atoms with Crippen molar-refractivity contribution in [3.8, 4) is 17.1 Å². The molecule has 0 aliphatic heterocycles. The molecule has 6 N–H and O–H groups in total. The van der Waals surface area contributed by atoms with Crippen molar-refractivity contribution in [2.75, 3.05) is 14.1 Å². The van der Waals surface area contributed by atoms with Crippen LogP contribution in [-0.2, 0) is 20.8 Å². The van der Waals surface area contributed by atoms with Crippen molar-refractivity contribution >= 4 is 23.2 Å². The van der Waals surface area contributed by atoms with Crippen LogP contribution in [0, 0.1) is 11.8 Å². The van der Waals surface area contributed by atoms with E-state index in [1.807, 2.05) is 0 Å². The molecule has 186 valence electrons. The van der Waals surface area contributed by atoms with Crippen molar-refractivity contribution in [3.63, 3.8) is 0 Å². The normalized spacial score (nSPS) is 27.6. The van der Waals surface area contributed by atoms with Gasteiger partial charge in [0, 0.05) is 29.4 Å². The van der Waals surface area contributed by atoms with Crippen LogP contribution in [-0.4, -0.2) is 78.5 Å². The quantitative estimate of drug-likeness (QED) is 0.376. The van der Waals surface area contributed by atoms with E-state index in [2.05, 4.69) is 9.97 Å². The summed E-state index contributed by atoms with van der Waals surface area (Å²) in [6.07, 6.45) is 3.28. The zero-order chi connectivity index (χ0) is 26.1. The van der Waals surface area contributed by atoms with E-state index >= 15 is 0 Å². The van der Waals surface area contributed by atoms with Gasteiger partial charge in [0.1, 0.15) is 22.8 Å². The Bertz CT molecular complexity index is 1400. The first-order valence-corrected chi connectivity index (χ1v) is 11.3. The molecule has 1 fully saturated rings. The van der Waals surface area contributed by atoms with Crippen molar-refractivity contribution in [2.45, 2.75) is 24.5 Å². The number of primary amides is 1. The summed E-state index contributed by atoms with van der Waals surface area (Å²) in [6.45, 7) is 0. The fraction of sp³-hybridized carbons (Fsp3) is 0.320. The summed E-state index contributed by atoms with van der Waals surface area (Å²) in [5, 5.41) is 44.3. The van der Waals surface area contributed by atoms with Gasteiger partial charge in [-0.25, -0.2) is 9.97 Å². The number of carbonyl (C=O) groups excluding carboxylic acids is 3. The van der Waals surface area contributed by atoms with E-state index in [1.165, 1.54) is 11.0 Å². The minimum atomic E-state index is -2.67. The van der Waals surface area contributed by atoms with E-state index in [-0.39, 0.29) is 29.7 Å². The maximum atomic E-state index is 13.8. The van der Waals surface area contributed by atoms with Gasteiger partial charge in [-0.15, -0.1) is 0 Å². The zero-order valence-electron chi connectivity index (χ0n) is 19.5. The van der Waals surface area contributed by atoms with Crippen LogP contribution in [0.25, 0.3) is 17.1 Å². The molecule has 4 atom stereocenters. The average Bonchev–Trinajstić information content (AvgIpc) is 2.81. The monoisotopic (exact) mass is 492 g/mol. The molecule has 3 aliphatic rings. The Morgan fingerprint density at radius 1 is 1.14 bits per heavy atom. The molecule has 0 unspecified atom stereocenters. The van der Waals surface area contributed by atoms with Gasteiger partial charge in [0.15, 0.2) is 17.2 Å². The fourth-order valence-electron chi connectivity index (χ4n) is 5.89. The van der Waals surface area contributed by atoms with Gasteiger partial charge in [-0.3, -0.25) is 19.3 Å². The van der Waals surface area contributed by atoms with Gasteiger partial charge in [-0.2, -0.15) is 0 Å². The first-order valence-electron chi connectivity index (χ1n) is 11.3. The second-order valence-electron chi connectivity index (χ2n) is 9.52. The highest BCUT2D eigenvalue weighted by Gasteiger charge is 2.64. The van der Waals surface area contributed by atoms with E-state index in [1.54, 1.807) is 38.6 Å². The Labute approximate surface area is 205 Å². The molecule has 11 nitrogen and oxygen atoms in total. The third-order valence-electron chi connectivity index (χ3n) is 7.41. The number of rotatable bonds is 3. The average molecular weight is 492 g/mol. The second-order valence-corrected chi connectivity index (χ2v) is 9.52. The number of ketones is 2. The maximum absolute atomic E-state index is 13.8. The molecule has 5 rings (SSSR count). The van der Waals surface area contributed by atoms with E-state index < -0.39 is 58.0 Å². The van der Waals surface area contributed by atoms with Crippen LogP contribution in [0.3, 0.4) is 0 Å². The Morgan fingerprint density at radius 3 is 2.42 bits per heavy atom. The molecule has 36 heavy (non-hydrogen) atoms. The number of aromatic nitrogens is 2. The summed E-state index contributed by atoms with van der Waals surface area (Å²) >= 11 is 0. The summed E-state index contributed by atoms with van der Waals surface area (Å²) in [7, 11) is 3.10. The molecule has 1 amide bonds. The maximum Gasteiger partial charge on any atom is 0.255 e. The predicted octanol–water partition coefficient (Wildman–Crippen LogP) is 0.421. The molecule has 1 heterocycles. The number of nitrogens with zero attached hydrogens (tertiary/aromatic N) is 3. The van der Waals surface area contributed by atoms with Gasteiger partial charge in [0.05, 0.1) is 11.6 Å². The molecular weight excluding hydrogens is 468 g/mol. The molecule has 2 aromatic rings. The number of fused-ring (bicyclic) bond motifs is 3. The summed E-state index contributed by atoms with van der Waals surface area (Å²) < 4.78 is 0. The van der Waals surface area contributed by atoms with Crippen molar-refractivity contribution < 1.29 is 34.8 Å². The highest BCUT2D eigenvalue weighted by molar-refractivity contribution is 6.24. The molecule has 0 saturated heterocycles. The number of phenols is 1. The summed E-state index contributed by atoms with van der Waals surface area (Å²) in [4.78, 5) is 48.9. The lowest BCUT2D eigenvalue weighted by Crippen LogP contribution is -2.65. The van der Waals surface area contributed by atoms with Crippen LogP contribution >= 0.6 is 0 Å². The number of amides is 1. The van der Waals surface area contributed by atoms with Gasteiger partial charge in [-0.1, -0.05) is 0 Å². The number of phenolic OH excluding ortho intramolecular Hbond substituents is 1. The highest BCUT2D eigenvalue weighted by Crippen LogP contribution is 2.53. The van der Waals surface area contributed by atoms with Crippen molar-refractivity contribution in [1.29, 1.82) is 0 Å². The van der Waals surface area contributed by atoms with Crippen LogP contribution < -0.4 is 5.73 Å². The lowest BCUT2D eigenvalue weighted by molar-refractivity contribution is -0.153. The van der Waals surface area contributed by atoms with Crippen LogP contribution in [0.1, 0.15) is 17.5 Å². The van der Waals surface area contributed by atoms with Gasteiger partial charge >= 0.3 is 0 Å². The number of aliphatic hydroxyl groups is 3. The van der Waals surface area contributed by atoms with Crippen LogP contribution in [0.4, 0.5) is 0 Å². The lowest BCUT2D eigenvalue weighted by Gasteiger charge is -2.50. The summed E-state index contributed by atoms with van der Waals surface area (Å²) in [5.74, 6) is -6.53. The molecule has 0 bridgehead atoms. The number of aromatic hydroxyl groups is 1. The van der Waals surface area contributed by atoms with Crippen LogP contribution in [0.5, 0.6) is 5.75 Å². The Balaban J connectivity index is 1.75. The summed E-state index contributed by atoms with van der Waals surface area (Å²) in [6, 6.07) is 3.47. The zero-order valence-corrected chi connectivity index (χ0v) is 19.5. The number of hydrogen-bond donors (Lipinski definition) is 5. The topological polar surface area (TPSA) is 187 Å². The number of hydrogen-bond acceptors (Lipinski definition) is 10. The molecule has 3 aliphatic carbocycles. The van der Waals surface area contributed by atoms with Crippen molar-refractivity contribution in [3.05, 3.63) is 58.6 Å². The molecule has 1 aromatic heterocycles. The van der Waals surface area contributed by atoms with E-state index in [4.69, 9.17) is 5.73 Å². The minimum absolute atomic E-state index is 0.00348. The lowest BCUT2D eigenvalue weighted by atomic mass is 9.57. The van der Waals surface area contributed by atoms with E-state index in [0.717, 1.165) is 0 Å². The van der Waals surface area contributed by atoms with Crippen LogP contribution in [0.2, 0.25) is 0 Å². The van der Waals surface area contributed by atoms with Gasteiger partial charge in [0.25, 0.3) is 5.91 Å². The van der Waals surface area contributed by atoms with Crippen LogP contribution in [0.15, 0.2) is 47.5 Å². The van der Waals surface area contributed by atoms with Gasteiger partial charge in [0.2, 0.25) is 5.78 Å². The largest absolute Gasteiger partial charge is 0.508 e. The fourth-order valence-corrected chi connectivity index (χ4v) is 5.89. The Kier molecular flexibility index (Phi) is 5.23. The number of nitrogens with two attached hydrogens (primary N) is 1. The van der Waals surface area contributed by atoms with Crippen molar-refractivity contribution in [1.82, 2.24) is 14.9 Å². The molecular formula is C25H24N4O7. The molecule has 0 radical (unpaired) electrons. The Morgan fingerprint density at radius 2 is 1.81 bits per heavy atom. The molecule has 11 heteroatoms. The number of Topliss-reactive ketones (excluding diaryl/α,β-unsaturated/α-hetero) is 2. The predicted molar refractivity (Wildman–Crippen MR) is 125 cm³/mol. The number of benzene rings is 1. The van der Waals surface area contributed by atoms with Gasteiger partial charge < -0.3 is 26.2 Å². The van der Waals surface area contributed by atoms with Crippen molar-refractivity contribution in [2.24, 2.45) is 17.6 Å². The minimum Gasteiger partial charge on any atom is -0.508 e. The third-order valence-corrected chi connectivity index (χ3v) is 7.41. The van der Waals surface area contributed by atoms with Gasteiger partial charge in [-0.05, 0) is 56.6 Å². The molecule has 1 aromatic carbocycles. The first kappa shape index (κ1) is 23.6. The smallest absolute Gasteiger partial charge is 0.255 e. The first-order chi connectivity index (χ1) is 17.0. The highest BCUT2D eigenvalue weighted by atomic mass is 16.3. The molecule has 1 saturated carbocycles. The number of carbonyl (C=O) groups is 3. The Hall–Kier alpha value is -4.09. The van der Waals surface area contributed by atoms with E-state index in [9.17, 15) is 34.8 Å². The SMILES string of the molecule is CN(C)[C@H]1C(=O)C(C(N)=O)=C(O)[C@]2(O)C(=O)C3=C(O)c4c(O)ccc(-c5ncccn5)c4C[C@H]3C[C@H]12. The third kappa shape index (κ3) is 3.02. The second kappa shape index (κ2) is 7.97. The van der Waals surface area contributed by atoms with E-state index in [0.29, 0.717) is 17.0 Å². The molecule has 0 spiro atoms.